The van der Waals surface area contributed by atoms with Crippen LogP contribution in [0.5, 0.6) is 0 Å². The van der Waals surface area contributed by atoms with Crippen molar-refractivity contribution in [1.29, 1.82) is 0 Å². The summed E-state index contributed by atoms with van der Waals surface area (Å²) in [5, 5.41) is 10.0. The van der Waals surface area contributed by atoms with E-state index < -0.39 is 0 Å². The fourth-order valence-corrected chi connectivity index (χ4v) is 4.06. The van der Waals surface area contributed by atoms with Gasteiger partial charge in [-0.15, -0.1) is 5.10 Å². The average Bonchev–Trinajstić information content (AvgIpc) is 3.07. The van der Waals surface area contributed by atoms with Gasteiger partial charge in [-0.25, -0.2) is 4.68 Å². The van der Waals surface area contributed by atoms with Gasteiger partial charge in [0, 0.05) is 36.2 Å². The van der Waals surface area contributed by atoms with Crippen LogP contribution in [-0.2, 0) is 19.8 Å². The summed E-state index contributed by atoms with van der Waals surface area (Å²) < 4.78 is 4.52. The molecule has 0 spiro atoms. The molecule has 25 heavy (non-hydrogen) atoms. The number of nitrogens with zero attached hydrogens (tertiary/aromatic N) is 5. The molecule has 0 bridgehead atoms. The second kappa shape index (κ2) is 5.70. The first-order valence-electron chi connectivity index (χ1n) is 8.88. The van der Waals surface area contributed by atoms with Crippen molar-refractivity contribution in [3.8, 4) is 0 Å². The number of para-hydroxylation sites is 2. The number of benzene rings is 2. The first-order chi connectivity index (χ1) is 12.3. The van der Waals surface area contributed by atoms with Crippen LogP contribution in [0.15, 0.2) is 48.5 Å². The summed E-state index contributed by atoms with van der Waals surface area (Å²) in [5.41, 5.74) is 6.27. The van der Waals surface area contributed by atoms with Gasteiger partial charge < -0.3 is 4.57 Å². The Balaban J connectivity index is 1.51. The molecule has 5 rings (SSSR count). The van der Waals surface area contributed by atoms with Gasteiger partial charge in [-0.1, -0.05) is 35.5 Å². The van der Waals surface area contributed by atoms with Crippen molar-refractivity contribution >= 4 is 21.9 Å². The number of aromatic nitrogens is 4. The number of rotatable bonds is 2. The fourth-order valence-electron chi connectivity index (χ4n) is 4.06. The highest BCUT2D eigenvalue weighted by Gasteiger charge is 2.20. The molecular weight excluding hydrogens is 310 g/mol. The molecule has 0 aliphatic carbocycles. The van der Waals surface area contributed by atoms with Crippen LogP contribution in [0.25, 0.3) is 21.9 Å². The van der Waals surface area contributed by atoms with Gasteiger partial charge in [0.05, 0.1) is 12.2 Å². The molecule has 126 valence electrons. The smallest absolute Gasteiger partial charge is 0.113 e. The predicted octanol–water partition coefficient (Wildman–Crippen LogP) is 3.56. The van der Waals surface area contributed by atoms with Crippen molar-refractivity contribution in [3.05, 3.63) is 59.8 Å². The van der Waals surface area contributed by atoms with E-state index in [4.69, 9.17) is 0 Å². The molecule has 1 aliphatic heterocycles. The first-order valence-corrected chi connectivity index (χ1v) is 8.88. The van der Waals surface area contributed by atoms with Crippen LogP contribution in [0.2, 0.25) is 0 Å². The SMILES string of the molecule is Cc1c2n(c3ccccc13)CCCN(Cn1nnc3ccccc31)C2. The minimum Gasteiger partial charge on any atom is -0.343 e. The van der Waals surface area contributed by atoms with E-state index in [2.05, 4.69) is 57.0 Å². The van der Waals surface area contributed by atoms with Crippen molar-refractivity contribution in [3.63, 3.8) is 0 Å². The molecule has 0 atom stereocenters. The molecule has 3 heterocycles. The van der Waals surface area contributed by atoms with E-state index in [1.807, 2.05) is 22.9 Å². The third-order valence-corrected chi connectivity index (χ3v) is 5.34. The topological polar surface area (TPSA) is 38.9 Å². The summed E-state index contributed by atoms with van der Waals surface area (Å²) >= 11 is 0. The van der Waals surface area contributed by atoms with Crippen molar-refractivity contribution in [2.24, 2.45) is 0 Å². The van der Waals surface area contributed by atoms with Gasteiger partial charge in [0.1, 0.15) is 5.52 Å². The highest BCUT2D eigenvalue weighted by Crippen LogP contribution is 2.28. The second-order valence-corrected chi connectivity index (χ2v) is 6.87. The molecule has 2 aromatic heterocycles. The quantitative estimate of drug-likeness (QED) is 0.564. The standard InChI is InChI=1S/C20H21N5/c1-15-16-7-2-4-9-18(16)24-12-6-11-23(13-20(15)24)14-25-19-10-5-3-8-17(19)21-22-25/h2-5,7-10H,6,11-14H2,1H3. The highest BCUT2D eigenvalue weighted by atomic mass is 15.5. The largest absolute Gasteiger partial charge is 0.343 e. The van der Waals surface area contributed by atoms with E-state index in [9.17, 15) is 0 Å². The van der Waals surface area contributed by atoms with Crippen molar-refractivity contribution < 1.29 is 0 Å². The molecule has 0 unspecified atom stereocenters. The summed E-state index contributed by atoms with van der Waals surface area (Å²) in [6.07, 6.45) is 1.15. The summed E-state index contributed by atoms with van der Waals surface area (Å²) in [7, 11) is 0. The molecule has 0 fully saturated rings. The van der Waals surface area contributed by atoms with E-state index in [-0.39, 0.29) is 0 Å². The number of aryl methyl sites for hydroxylation is 2. The molecule has 2 aromatic carbocycles. The van der Waals surface area contributed by atoms with Gasteiger partial charge in [0.2, 0.25) is 0 Å². The number of hydrogen-bond donors (Lipinski definition) is 0. The van der Waals surface area contributed by atoms with E-state index >= 15 is 0 Å². The highest BCUT2D eigenvalue weighted by molar-refractivity contribution is 5.85. The maximum Gasteiger partial charge on any atom is 0.113 e. The number of fused-ring (bicyclic) bond motifs is 4. The molecule has 5 heteroatoms. The molecule has 0 N–H and O–H groups in total. The van der Waals surface area contributed by atoms with E-state index in [1.54, 1.807) is 0 Å². The van der Waals surface area contributed by atoms with Gasteiger partial charge in [-0.3, -0.25) is 4.90 Å². The Bertz CT molecular complexity index is 1060. The van der Waals surface area contributed by atoms with Gasteiger partial charge in [-0.2, -0.15) is 0 Å². The van der Waals surface area contributed by atoms with E-state index in [1.165, 1.54) is 22.2 Å². The maximum absolute atomic E-state index is 4.36. The van der Waals surface area contributed by atoms with Gasteiger partial charge in [-0.05, 0) is 37.1 Å². The third kappa shape index (κ3) is 2.35. The zero-order valence-corrected chi connectivity index (χ0v) is 14.4. The van der Waals surface area contributed by atoms with Crippen LogP contribution in [0.1, 0.15) is 17.7 Å². The monoisotopic (exact) mass is 331 g/mol. The Labute approximate surface area is 146 Å². The van der Waals surface area contributed by atoms with Crippen LogP contribution in [0, 0.1) is 6.92 Å². The van der Waals surface area contributed by atoms with Gasteiger partial charge in [0.25, 0.3) is 0 Å². The van der Waals surface area contributed by atoms with Gasteiger partial charge in [0.15, 0.2) is 0 Å². The normalized spacial score (nSPS) is 15.6. The van der Waals surface area contributed by atoms with Crippen LogP contribution in [0.4, 0.5) is 0 Å². The molecule has 5 nitrogen and oxygen atoms in total. The Morgan fingerprint density at radius 1 is 0.960 bits per heavy atom. The summed E-state index contributed by atoms with van der Waals surface area (Å²) in [6.45, 7) is 6.14. The van der Waals surface area contributed by atoms with Crippen LogP contribution in [0.3, 0.4) is 0 Å². The lowest BCUT2D eigenvalue weighted by Gasteiger charge is -2.20. The van der Waals surface area contributed by atoms with Crippen LogP contribution < -0.4 is 0 Å². The lowest BCUT2D eigenvalue weighted by molar-refractivity contribution is 0.203. The van der Waals surface area contributed by atoms with Crippen LogP contribution >= 0.6 is 0 Å². The van der Waals surface area contributed by atoms with E-state index in [0.29, 0.717) is 0 Å². The zero-order chi connectivity index (χ0) is 16.8. The molecular formula is C20H21N5. The van der Waals surface area contributed by atoms with E-state index in [0.717, 1.165) is 43.8 Å². The molecule has 0 amide bonds. The molecule has 4 aromatic rings. The van der Waals surface area contributed by atoms with Crippen molar-refractivity contribution in [2.45, 2.75) is 33.1 Å². The lowest BCUT2D eigenvalue weighted by atomic mass is 10.1. The van der Waals surface area contributed by atoms with Crippen molar-refractivity contribution in [1.82, 2.24) is 24.5 Å². The number of hydrogen-bond acceptors (Lipinski definition) is 3. The third-order valence-electron chi connectivity index (χ3n) is 5.34. The first kappa shape index (κ1) is 14.7. The zero-order valence-electron chi connectivity index (χ0n) is 14.4. The molecule has 1 aliphatic rings. The minimum absolute atomic E-state index is 0.779. The summed E-state index contributed by atoms with van der Waals surface area (Å²) in [6, 6.07) is 16.9. The minimum atomic E-state index is 0.779. The summed E-state index contributed by atoms with van der Waals surface area (Å²) in [5.74, 6) is 0. The van der Waals surface area contributed by atoms with Crippen LogP contribution in [-0.4, -0.2) is 31.0 Å². The predicted molar refractivity (Wildman–Crippen MR) is 99.2 cm³/mol. The average molecular weight is 331 g/mol. The Kier molecular flexibility index (Phi) is 3.35. The molecule has 0 radical (unpaired) electrons. The van der Waals surface area contributed by atoms with Crippen molar-refractivity contribution in [2.75, 3.05) is 6.54 Å². The Morgan fingerprint density at radius 3 is 2.68 bits per heavy atom. The molecule has 0 saturated carbocycles. The Morgan fingerprint density at radius 2 is 1.76 bits per heavy atom. The lowest BCUT2D eigenvalue weighted by Crippen LogP contribution is -2.27. The summed E-state index contributed by atoms with van der Waals surface area (Å²) in [4.78, 5) is 2.48. The maximum atomic E-state index is 4.36. The molecule has 0 saturated heterocycles. The van der Waals surface area contributed by atoms with Gasteiger partial charge >= 0.3 is 0 Å². The second-order valence-electron chi connectivity index (χ2n) is 6.87. The Hall–Kier alpha value is -2.66. The fraction of sp³-hybridized carbons (Fsp3) is 0.300.